The van der Waals surface area contributed by atoms with E-state index in [4.69, 9.17) is 10.5 Å². The lowest BCUT2D eigenvalue weighted by Gasteiger charge is -2.16. The minimum atomic E-state index is -0.126. The molecule has 96 valence electrons. The summed E-state index contributed by atoms with van der Waals surface area (Å²) in [5.74, 6) is 0.899. The fourth-order valence-electron chi connectivity index (χ4n) is 1.64. The number of esters is 1. The summed E-state index contributed by atoms with van der Waals surface area (Å²) < 4.78 is 5.23. The highest BCUT2D eigenvalue weighted by Gasteiger charge is 2.19. The summed E-state index contributed by atoms with van der Waals surface area (Å²) in [6.45, 7) is 9.45. The molecule has 0 aromatic heterocycles. The van der Waals surface area contributed by atoms with Crippen LogP contribution in [0.15, 0.2) is 0 Å². The van der Waals surface area contributed by atoms with Gasteiger partial charge in [0.25, 0.3) is 0 Å². The van der Waals surface area contributed by atoms with E-state index in [2.05, 4.69) is 27.7 Å². The van der Waals surface area contributed by atoms with Crippen LogP contribution < -0.4 is 5.73 Å². The largest absolute Gasteiger partial charge is 0.465 e. The molecule has 1 unspecified atom stereocenters. The zero-order valence-electron chi connectivity index (χ0n) is 11.2. The smallest absolute Gasteiger partial charge is 0.310 e. The maximum atomic E-state index is 11.7. The maximum absolute atomic E-state index is 11.7. The first-order valence-corrected chi connectivity index (χ1v) is 6.34. The molecule has 0 amide bonds. The first kappa shape index (κ1) is 15.4. The average molecular weight is 229 g/mol. The Kier molecular flexibility index (Phi) is 8.26. The van der Waals surface area contributed by atoms with E-state index in [0.717, 1.165) is 19.3 Å². The molecule has 0 aliphatic heterocycles. The SMILES string of the molecule is CC(C)CCCOC(=O)C(CN)CC(C)C. The molecule has 0 spiro atoms. The first-order chi connectivity index (χ1) is 7.47. The molecule has 0 saturated heterocycles. The monoisotopic (exact) mass is 229 g/mol. The second-order valence-corrected chi connectivity index (χ2v) is 5.27. The van der Waals surface area contributed by atoms with Crippen LogP contribution in [-0.2, 0) is 9.53 Å². The lowest BCUT2D eigenvalue weighted by molar-refractivity contribution is -0.148. The van der Waals surface area contributed by atoms with Crippen LogP contribution in [0, 0.1) is 17.8 Å². The highest BCUT2D eigenvalue weighted by atomic mass is 16.5. The van der Waals surface area contributed by atoms with Gasteiger partial charge in [0, 0.05) is 6.54 Å². The molecular weight excluding hydrogens is 202 g/mol. The van der Waals surface area contributed by atoms with Crippen LogP contribution in [0.3, 0.4) is 0 Å². The van der Waals surface area contributed by atoms with E-state index in [-0.39, 0.29) is 11.9 Å². The Morgan fingerprint density at radius 3 is 2.25 bits per heavy atom. The normalized spacial score (nSPS) is 13.2. The Morgan fingerprint density at radius 1 is 1.19 bits per heavy atom. The van der Waals surface area contributed by atoms with Crippen LogP contribution in [0.25, 0.3) is 0 Å². The molecule has 0 aromatic carbocycles. The van der Waals surface area contributed by atoms with Crippen molar-refractivity contribution in [3.8, 4) is 0 Å². The highest BCUT2D eigenvalue weighted by molar-refractivity contribution is 5.72. The molecule has 0 bridgehead atoms. The lowest BCUT2D eigenvalue weighted by Crippen LogP contribution is -2.27. The van der Waals surface area contributed by atoms with Crippen LogP contribution in [0.4, 0.5) is 0 Å². The Bertz CT molecular complexity index is 190. The number of carbonyl (C=O) groups excluding carboxylic acids is 1. The van der Waals surface area contributed by atoms with Crippen LogP contribution >= 0.6 is 0 Å². The van der Waals surface area contributed by atoms with Gasteiger partial charge in [0.05, 0.1) is 12.5 Å². The Labute approximate surface area is 99.7 Å². The number of hydrogen-bond donors (Lipinski definition) is 1. The van der Waals surface area contributed by atoms with Crippen LogP contribution in [-0.4, -0.2) is 19.1 Å². The quantitative estimate of drug-likeness (QED) is 0.514. The molecule has 3 heteroatoms. The summed E-state index contributed by atoms with van der Waals surface area (Å²) in [5.41, 5.74) is 5.57. The van der Waals surface area contributed by atoms with E-state index in [9.17, 15) is 4.79 Å². The predicted molar refractivity (Wildman–Crippen MR) is 67.0 cm³/mol. The second kappa shape index (κ2) is 8.57. The fraction of sp³-hybridized carbons (Fsp3) is 0.923. The van der Waals surface area contributed by atoms with E-state index in [1.54, 1.807) is 0 Å². The molecule has 16 heavy (non-hydrogen) atoms. The third-order valence-corrected chi connectivity index (χ3v) is 2.54. The van der Waals surface area contributed by atoms with Crippen molar-refractivity contribution in [1.29, 1.82) is 0 Å². The van der Waals surface area contributed by atoms with Crippen LogP contribution in [0.1, 0.15) is 47.0 Å². The number of ether oxygens (including phenoxy) is 1. The molecule has 2 N–H and O–H groups in total. The lowest BCUT2D eigenvalue weighted by atomic mass is 9.97. The van der Waals surface area contributed by atoms with Crippen molar-refractivity contribution < 1.29 is 9.53 Å². The van der Waals surface area contributed by atoms with Gasteiger partial charge in [-0.2, -0.15) is 0 Å². The third-order valence-electron chi connectivity index (χ3n) is 2.54. The topological polar surface area (TPSA) is 52.3 Å². The molecule has 0 fully saturated rings. The van der Waals surface area contributed by atoms with Gasteiger partial charge in [-0.3, -0.25) is 4.79 Å². The van der Waals surface area contributed by atoms with Crippen molar-refractivity contribution in [3.63, 3.8) is 0 Å². The molecular formula is C13H27NO2. The van der Waals surface area contributed by atoms with Gasteiger partial charge in [-0.15, -0.1) is 0 Å². The van der Waals surface area contributed by atoms with Gasteiger partial charge in [-0.1, -0.05) is 27.7 Å². The number of nitrogens with two attached hydrogens (primary N) is 1. The minimum absolute atomic E-state index is 0.125. The summed E-state index contributed by atoms with van der Waals surface area (Å²) in [6.07, 6.45) is 2.87. The van der Waals surface area contributed by atoms with E-state index in [1.165, 1.54) is 0 Å². The first-order valence-electron chi connectivity index (χ1n) is 6.34. The average Bonchev–Trinajstić information content (AvgIpc) is 2.20. The predicted octanol–water partition coefficient (Wildman–Crippen LogP) is 2.59. The maximum Gasteiger partial charge on any atom is 0.310 e. The summed E-state index contributed by atoms with van der Waals surface area (Å²) in [7, 11) is 0. The Hall–Kier alpha value is -0.570. The molecule has 0 radical (unpaired) electrons. The zero-order chi connectivity index (χ0) is 12.6. The van der Waals surface area contributed by atoms with Gasteiger partial charge in [0.1, 0.15) is 0 Å². The van der Waals surface area contributed by atoms with Crippen LogP contribution in [0.5, 0.6) is 0 Å². The van der Waals surface area contributed by atoms with Crippen molar-refractivity contribution >= 4 is 5.97 Å². The second-order valence-electron chi connectivity index (χ2n) is 5.27. The summed E-state index contributed by atoms with van der Waals surface area (Å²) in [5, 5.41) is 0. The van der Waals surface area contributed by atoms with Crippen molar-refractivity contribution in [1.82, 2.24) is 0 Å². The van der Waals surface area contributed by atoms with E-state index >= 15 is 0 Å². The van der Waals surface area contributed by atoms with Gasteiger partial charge in [0.15, 0.2) is 0 Å². The Morgan fingerprint density at radius 2 is 1.81 bits per heavy atom. The summed E-state index contributed by atoms with van der Waals surface area (Å²) in [4.78, 5) is 11.7. The summed E-state index contributed by atoms with van der Waals surface area (Å²) in [6, 6.07) is 0. The van der Waals surface area contributed by atoms with Gasteiger partial charge >= 0.3 is 5.97 Å². The van der Waals surface area contributed by atoms with Crippen molar-refractivity contribution in [2.75, 3.05) is 13.2 Å². The van der Waals surface area contributed by atoms with Crippen molar-refractivity contribution in [2.24, 2.45) is 23.5 Å². The fourth-order valence-corrected chi connectivity index (χ4v) is 1.64. The minimum Gasteiger partial charge on any atom is -0.465 e. The van der Waals surface area contributed by atoms with E-state index in [1.807, 2.05) is 0 Å². The Balaban J connectivity index is 3.75. The summed E-state index contributed by atoms with van der Waals surface area (Å²) >= 11 is 0. The van der Waals surface area contributed by atoms with Gasteiger partial charge in [-0.25, -0.2) is 0 Å². The molecule has 0 heterocycles. The van der Waals surface area contributed by atoms with Crippen LogP contribution in [0.2, 0.25) is 0 Å². The molecule has 0 saturated carbocycles. The number of rotatable bonds is 8. The van der Waals surface area contributed by atoms with Crippen molar-refractivity contribution in [2.45, 2.75) is 47.0 Å². The highest BCUT2D eigenvalue weighted by Crippen LogP contribution is 2.12. The van der Waals surface area contributed by atoms with Gasteiger partial charge < -0.3 is 10.5 Å². The van der Waals surface area contributed by atoms with Gasteiger partial charge in [0.2, 0.25) is 0 Å². The molecule has 0 aliphatic rings. The molecule has 0 aromatic rings. The third kappa shape index (κ3) is 7.69. The number of carbonyl (C=O) groups is 1. The molecule has 1 atom stereocenters. The number of hydrogen-bond acceptors (Lipinski definition) is 3. The molecule has 0 aliphatic carbocycles. The van der Waals surface area contributed by atoms with E-state index in [0.29, 0.717) is 25.0 Å². The van der Waals surface area contributed by atoms with Gasteiger partial charge in [-0.05, 0) is 31.1 Å². The van der Waals surface area contributed by atoms with E-state index < -0.39 is 0 Å². The zero-order valence-corrected chi connectivity index (χ0v) is 11.2. The standard InChI is InChI=1S/C13H27NO2/c1-10(2)6-5-7-16-13(15)12(9-14)8-11(3)4/h10-12H,5-9,14H2,1-4H3. The molecule has 3 nitrogen and oxygen atoms in total. The molecule has 0 rings (SSSR count). The van der Waals surface area contributed by atoms with Crippen molar-refractivity contribution in [3.05, 3.63) is 0 Å².